The second kappa shape index (κ2) is 7.90. The van der Waals surface area contributed by atoms with Crippen LogP contribution in [-0.4, -0.2) is 16.0 Å². The van der Waals surface area contributed by atoms with E-state index in [2.05, 4.69) is 5.16 Å². The maximum absolute atomic E-state index is 11.6. The molecule has 0 bridgehead atoms. The zero-order valence-corrected chi connectivity index (χ0v) is 12.8. The Morgan fingerprint density at radius 3 is 2.23 bits per heavy atom. The second-order valence-corrected chi connectivity index (χ2v) is 6.60. The van der Waals surface area contributed by atoms with Crippen molar-refractivity contribution in [3.8, 4) is 0 Å². The fourth-order valence-electron chi connectivity index (χ4n) is 2.02. The van der Waals surface area contributed by atoms with E-state index in [-0.39, 0.29) is 6.42 Å². The summed E-state index contributed by atoms with van der Waals surface area (Å²) in [4.78, 5) is 24.1. The lowest BCUT2D eigenvalue weighted by atomic mass is 10.1. The van der Waals surface area contributed by atoms with E-state index in [1.807, 2.05) is 30.3 Å². The van der Waals surface area contributed by atoms with Gasteiger partial charge in [-0.25, -0.2) is 0 Å². The van der Waals surface area contributed by atoms with Crippen molar-refractivity contribution in [1.29, 1.82) is 0 Å². The summed E-state index contributed by atoms with van der Waals surface area (Å²) < 4.78 is 11.6. The molecule has 0 radical (unpaired) electrons. The molecular weight excluding hydrogens is 301 g/mol. The van der Waals surface area contributed by atoms with Crippen LogP contribution in [0.25, 0.3) is 0 Å². The highest BCUT2D eigenvalue weighted by Gasteiger charge is 2.29. The van der Waals surface area contributed by atoms with Gasteiger partial charge >= 0.3 is 7.60 Å². The Kier molecular flexibility index (Phi) is 5.90. The van der Waals surface area contributed by atoms with Gasteiger partial charge in [0.25, 0.3) is 0 Å². The van der Waals surface area contributed by atoms with Gasteiger partial charge in [-0.05, 0) is 11.1 Å². The summed E-state index contributed by atoms with van der Waals surface area (Å²) in [6.45, 7) is 0.323. The predicted molar refractivity (Wildman–Crippen MR) is 85.6 cm³/mol. The molecule has 0 aromatic heterocycles. The molecule has 0 saturated carbocycles. The van der Waals surface area contributed by atoms with Crippen molar-refractivity contribution < 1.29 is 19.2 Å². The first-order chi connectivity index (χ1) is 10.6. The van der Waals surface area contributed by atoms with Gasteiger partial charge in [0.15, 0.2) is 0 Å². The number of rotatable bonds is 7. The van der Waals surface area contributed by atoms with Crippen LogP contribution in [0.15, 0.2) is 65.8 Å². The minimum atomic E-state index is -4.25. The SMILES string of the molecule is O=P(O)(O)C(CC=NOCc1ccccc1)c1ccccc1. The van der Waals surface area contributed by atoms with Crippen molar-refractivity contribution in [3.63, 3.8) is 0 Å². The number of benzene rings is 2. The Balaban J connectivity index is 1.92. The van der Waals surface area contributed by atoms with Crippen LogP contribution in [0.3, 0.4) is 0 Å². The highest BCUT2D eigenvalue weighted by molar-refractivity contribution is 7.52. The summed E-state index contributed by atoms with van der Waals surface area (Å²) in [5, 5.41) is 3.78. The molecule has 6 heteroatoms. The molecule has 0 spiro atoms. The van der Waals surface area contributed by atoms with Crippen molar-refractivity contribution >= 4 is 13.8 Å². The van der Waals surface area contributed by atoms with Gasteiger partial charge < -0.3 is 14.6 Å². The van der Waals surface area contributed by atoms with E-state index in [0.717, 1.165) is 5.56 Å². The molecule has 2 N–H and O–H groups in total. The summed E-state index contributed by atoms with van der Waals surface area (Å²) in [6, 6.07) is 18.3. The van der Waals surface area contributed by atoms with Gasteiger partial charge in [-0.15, -0.1) is 0 Å². The Morgan fingerprint density at radius 1 is 1.05 bits per heavy atom. The van der Waals surface area contributed by atoms with E-state index in [1.165, 1.54) is 6.21 Å². The molecule has 1 atom stereocenters. The standard InChI is InChI=1S/C16H18NO4P/c18-22(19,20)16(15-9-5-2-6-10-15)11-12-17-21-13-14-7-3-1-4-8-14/h1-10,12,16H,11,13H2,(H2,18,19,20). The monoisotopic (exact) mass is 319 g/mol. The van der Waals surface area contributed by atoms with Crippen LogP contribution >= 0.6 is 7.60 Å². The van der Waals surface area contributed by atoms with Crippen molar-refractivity contribution in [2.75, 3.05) is 0 Å². The van der Waals surface area contributed by atoms with Crippen LogP contribution in [0.5, 0.6) is 0 Å². The quantitative estimate of drug-likeness (QED) is 0.465. The van der Waals surface area contributed by atoms with E-state index in [4.69, 9.17) is 4.84 Å². The largest absolute Gasteiger partial charge is 0.391 e. The number of hydrogen-bond acceptors (Lipinski definition) is 3. The molecule has 0 aliphatic carbocycles. The highest BCUT2D eigenvalue weighted by atomic mass is 31.2. The molecule has 2 aromatic carbocycles. The van der Waals surface area contributed by atoms with Crippen LogP contribution in [0.1, 0.15) is 23.2 Å². The zero-order valence-electron chi connectivity index (χ0n) is 11.9. The molecule has 0 fully saturated rings. The maximum Gasteiger partial charge on any atom is 0.333 e. The van der Waals surface area contributed by atoms with Crippen LogP contribution < -0.4 is 0 Å². The van der Waals surface area contributed by atoms with Gasteiger partial charge in [-0.1, -0.05) is 65.8 Å². The number of oxime groups is 1. The van der Waals surface area contributed by atoms with E-state index in [0.29, 0.717) is 12.2 Å². The second-order valence-electron chi connectivity index (χ2n) is 4.80. The summed E-state index contributed by atoms with van der Waals surface area (Å²) in [5.41, 5.74) is 0.664. The Morgan fingerprint density at radius 2 is 1.64 bits per heavy atom. The van der Waals surface area contributed by atoms with Gasteiger partial charge in [0, 0.05) is 12.6 Å². The maximum atomic E-state index is 11.6. The Labute approximate surface area is 129 Å². The van der Waals surface area contributed by atoms with Gasteiger partial charge in [0.05, 0.1) is 5.66 Å². The van der Waals surface area contributed by atoms with E-state index in [1.54, 1.807) is 30.3 Å². The smallest absolute Gasteiger partial charge is 0.333 e. The minimum Gasteiger partial charge on any atom is -0.391 e. The third kappa shape index (κ3) is 5.11. The molecule has 2 aromatic rings. The van der Waals surface area contributed by atoms with Crippen molar-refractivity contribution in [2.24, 2.45) is 5.16 Å². The highest BCUT2D eigenvalue weighted by Crippen LogP contribution is 2.53. The zero-order chi connectivity index (χ0) is 15.8. The third-order valence-electron chi connectivity index (χ3n) is 3.14. The molecule has 22 heavy (non-hydrogen) atoms. The molecule has 1 unspecified atom stereocenters. The molecule has 2 rings (SSSR count). The lowest BCUT2D eigenvalue weighted by Gasteiger charge is -2.16. The molecular formula is C16H18NO4P. The Bertz CT molecular complexity index is 640. The average molecular weight is 319 g/mol. The normalized spacial score (nSPS) is 13.2. The predicted octanol–water partition coefficient (Wildman–Crippen LogP) is 3.50. The fraction of sp³-hybridized carbons (Fsp3) is 0.188. The molecule has 0 aliphatic heterocycles. The lowest BCUT2D eigenvalue weighted by Crippen LogP contribution is -2.01. The summed E-state index contributed by atoms with van der Waals surface area (Å²) in [7, 11) is -4.25. The molecule has 0 heterocycles. The van der Waals surface area contributed by atoms with Gasteiger partial charge in [0.1, 0.15) is 6.61 Å². The van der Waals surface area contributed by atoms with E-state index >= 15 is 0 Å². The third-order valence-corrected chi connectivity index (χ3v) is 4.46. The van der Waals surface area contributed by atoms with Crippen LogP contribution in [-0.2, 0) is 16.0 Å². The van der Waals surface area contributed by atoms with Crippen molar-refractivity contribution in [2.45, 2.75) is 18.7 Å². The van der Waals surface area contributed by atoms with Gasteiger partial charge in [0.2, 0.25) is 0 Å². The molecule has 5 nitrogen and oxygen atoms in total. The summed E-state index contributed by atoms with van der Waals surface area (Å²) >= 11 is 0. The lowest BCUT2D eigenvalue weighted by molar-refractivity contribution is 0.131. The van der Waals surface area contributed by atoms with Crippen LogP contribution in [0.2, 0.25) is 0 Å². The van der Waals surface area contributed by atoms with Crippen LogP contribution in [0.4, 0.5) is 0 Å². The first kappa shape index (κ1) is 16.4. The topological polar surface area (TPSA) is 79.1 Å². The van der Waals surface area contributed by atoms with Crippen molar-refractivity contribution in [1.82, 2.24) is 0 Å². The van der Waals surface area contributed by atoms with E-state index < -0.39 is 13.3 Å². The van der Waals surface area contributed by atoms with Crippen molar-refractivity contribution in [3.05, 3.63) is 71.8 Å². The van der Waals surface area contributed by atoms with E-state index in [9.17, 15) is 14.4 Å². The van der Waals surface area contributed by atoms with Gasteiger partial charge in [-0.2, -0.15) is 0 Å². The Hall–Kier alpha value is -1.94. The molecule has 0 saturated heterocycles. The molecule has 116 valence electrons. The van der Waals surface area contributed by atoms with Crippen LogP contribution in [0, 0.1) is 0 Å². The molecule has 0 aliphatic rings. The number of nitrogens with zero attached hydrogens (tertiary/aromatic N) is 1. The summed E-state index contributed by atoms with van der Waals surface area (Å²) in [6.07, 6.45) is 1.52. The molecule has 0 amide bonds. The van der Waals surface area contributed by atoms with Gasteiger partial charge in [-0.3, -0.25) is 4.57 Å². The first-order valence-corrected chi connectivity index (χ1v) is 8.53. The minimum absolute atomic E-state index is 0.114. The average Bonchev–Trinajstić information content (AvgIpc) is 2.51. The fourth-order valence-corrected chi connectivity index (χ4v) is 2.95. The summed E-state index contributed by atoms with van der Waals surface area (Å²) in [5.74, 6) is 0. The number of hydrogen-bond donors (Lipinski definition) is 2. The first-order valence-electron chi connectivity index (χ1n) is 6.85.